The molecular formula is C16H23NO2. The van der Waals surface area contributed by atoms with E-state index in [1.165, 1.54) is 25.7 Å². The van der Waals surface area contributed by atoms with Crippen LogP contribution in [0.25, 0.3) is 0 Å². The first-order valence-corrected chi connectivity index (χ1v) is 7.52. The molecule has 0 aromatic carbocycles. The van der Waals surface area contributed by atoms with E-state index in [9.17, 15) is 5.11 Å². The van der Waals surface area contributed by atoms with Gasteiger partial charge in [0.05, 0.1) is 18.9 Å². The van der Waals surface area contributed by atoms with Crippen LogP contribution in [0.3, 0.4) is 0 Å². The number of nitrogens with zero attached hydrogens (tertiary/aromatic N) is 1. The molecule has 1 N–H and O–H groups in total. The Bertz CT molecular complexity index is 435. The van der Waals surface area contributed by atoms with Crippen LogP contribution in [0.4, 0.5) is 0 Å². The summed E-state index contributed by atoms with van der Waals surface area (Å²) < 4.78 is 5.44. The molecule has 0 spiro atoms. The Kier molecular flexibility index (Phi) is 3.74. The minimum absolute atomic E-state index is 0.391. The molecule has 0 radical (unpaired) electrons. The molecule has 2 aliphatic rings. The summed E-state index contributed by atoms with van der Waals surface area (Å²) in [6.07, 6.45) is 9.47. The van der Waals surface area contributed by atoms with Gasteiger partial charge in [-0.2, -0.15) is 0 Å². The first-order chi connectivity index (χ1) is 9.26. The average Bonchev–Trinajstić information content (AvgIpc) is 3.02. The maximum absolute atomic E-state index is 10.4. The lowest BCUT2D eigenvalue weighted by Crippen LogP contribution is -2.14. The van der Waals surface area contributed by atoms with Gasteiger partial charge in [0.15, 0.2) is 0 Å². The summed E-state index contributed by atoms with van der Waals surface area (Å²) in [5, 5.41) is 10.4. The Morgan fingerprint density at radius 1 is 1.37 bits per heavy atom. The van der Waals surface area contributed by atoms with Crippen molar-refractivity contribution in [2.45, 2.75) is 45.1 Å². The molecule has 3 rings (SSSR count). The second-order valence-electron chi connectivity index (χ2n) is 6.07. The Morgan fingerprint density at radius 2 is 2.26 bits per heavy atom. The van der Waals surface area contributed by atoms with Crippen molar-refractivity contribution in [3.63, 3.8) is 0 Å². The van der Waals surface area contributed by atoms with E-state index >= 15 is 0 Å². The Hall–Kier alpha value is -1.09. The monoisotopic (exact) mass is 261 g/mol. The van der Waals surface area contributed by atoms with Crippen molar-refractivity contribution in [3.8, 4) is 5.75 Å². The zero-order chi connectivity index (χ0) is 13.2. The molecule has 0 saturated heterocycles. The van der Waals surface area contributed by atoms with Crippen molar-refractivity contribution in [1.29, 1.82) is 0 Å². The lowest BCUT2D eigenvalue weighted by molar-refractivity contribution is 0.125. The summed E-state index contributed by atoms with van der Waals surface area (Å²) in [6, 6.07) is 1.92. The van der Waals surface area contributed by atoms with Crippen molar-refractivity contribution in [3.05, 3.63) is 24.0 Å². The van der Waals surface area contributed by atoms with Crippen molar-refractivity contribution in [2.24, 2.45) is 17.8 Å². The molecule has 2 bridgehead atoms. The summed E-state index contributed by atoms with van der Waals surface area (Å²) in [6.45, 7) is 2.59. The highest BCUT2D eigenvalue weighted by atomic mass is 16.5. The SMILES string of the molecule is CCOc1cncc(C(O)CC2CC3CCC2C3)c1. The number of pyridine rings is 1. The summed E-state index contributed by atoms with van der Waals surface area (Å²) in [5.41, 5.74) is 0.897. The number of ether oxygens (including phenoxy) is 1. The van der Waals surface area contributed by atoms with Crippen molar-refractivity contribution in [2.75, 3.05) is 6.61 Å². The highest BCUT2D eigenvalue weighted by Gasteiger charge is 2.40. The standard InChI is InChI=1S/C16H23NO2/c1-2-19-15-7-14(9-17-10-15)16(18)8-13-6-11-3-4-12(13)5-11/h7,9-13,16,18H,2-6,8H2,1H3. The van der Waals surface area contributed by atoms with E-state index in [2.05, 4.69) is 4.98 Å². The predicted octanol–water partition coefficient (Wildman–Crippen LogP) is 3.34. The number of aromatic nitrogens is 1. The van der Waals surface area contributed by atoms with Crippen LogP contribution in [0.2, 0.25) is 0 Å². The van der Waals surface area contributed by atoms with Gasteiger partial charge in [0.25, 0.3) is 0 Å². The molecule has 1 heterocycles. The lowest BCUT2D eigenvalue weighted by Gasteiger charge is -2.24. The molecule has 2 aliphatic carbocycles. The van der Waals surface area contributed by atoms with Crippen molar-refractivity contribution < 1.29 is 9.84 Å². The molecule has 3 nitrogen and oxygen atoms in total. The van der Waals surface area contributed by atoms with Crippen LogP contribution >= 0.6 is 0 Å². The molecule has 3 heteroatoms. The summed E-state index contributed by atoms with van der Waals surface area (Å²) in [4.78, 5) is 4.16. The van der Waals surface area contributed by atoms with E-state index in [-0.39, 0.29) is 0 Å². The van der Waals surface area contributed by atoms with E-state index in [1.54, 1.807) is 12.4 Å². The van der Waals surface area contributed by atoms with Gasteiger partial charge in [-0.05, 0) is 56.4 Å². The summed E-state index contributed by atoms with van der Waals surface area (Å²) >= 11 is 0. The average molecular weight is 261 g/mol. The van der Waals surface area contributed by atoms with Crippen LogP contribution in [0.15, 0.2) is 18.5 Å². The van der Waals surface area contributed by atoms with Gasteiger partial charge >= 0.3 is 0 Å². The number of aliphatic hydroxyl groups is 1. The topological polar surface area (TPSA) is 42.4 Å². The second-order valence-corrected chi connectivity index (χ2v) is 6.07. The Balaban J connectivity index is 1.63. The fourth-order valence-electron chi connectivity index (χ4n) is 3.95. The number of fused-ring (bicyclic) bond motifs is 2. The van der Waals surface area contributed by atoms with E-state index in [0.717, 1.165) is 29.6 Å². The van der Waals surface area contributed by atoms with E-state index in [1.807, 2.05) is 13.0 Å². The number of hydrogen-bond donors (Lipinski definition) is 1. The molecule has 19 heavy (non-hydrogen) atoms. The first kappa shape index (κ1) is 12.9. The third-order valence-electron chi connectivity index (χ3n) is 4.84. The summed E-state index contributed by atoms with van der Waals surface area (Å²) in [7, 11) is 0. The minimum Gasteiger partial charge on any atom is -0.492 e. The van der Waals surface area contributed by atoms with E-state index in [0.29, 0.717) is 12.5 Å². The lowest BCUT2D eigenvalue weighted by atomic mass is 9.84. The fourth-order valence-corrected chi connectivity index (χ4v) is 3.95. The van der Waals surface area contributed by atoms with Gasteiger partial charge in [0.1, 0.15) is 5.75 Å². The quantitative estimate of drug-likeness (QED) is 0.884. The van der Waals surface area contributed by atoms with Crippen LogP contribution in [-0.2, 0) is 0 Å². The molecule has 4 unspecified atom stereocenters. The zero-order valence-corrected chi connectivity index (χ0v) is 11.6. The largest absolute Gasteiger partial charge is 0.492 e. The predicted molar refractivity (Wildman–Crippen MR) is 73.9 cm³/mol. The van der Waals surface area contributed by atoms with Gasteiger partial charge < -0.3 is 9.84 Å². The third kappa shape index (κ3) is 2.76. The number of rotatable bonds is 5. The van der Waals surface area contributed by atoms with E-state index < -0.39 is 6.10 Å². The van der Waals surface area contributed by atoms with Crippen LogP contribution in [0, 0.1) is 17.8 Å². The smallest absolute Gasteiger partial charge is 0.137 e. The first-order valence-electron chi connectivity index (χ1n) is 7.52. The molecule has 0 aliphatic heterocycles. The van der Waals surface area contributed by atoms with Crippen molar-refractivity contribution >= 4 is 0 Å². The second kappa shape index (κ2) is 5.49. The molecule has 104 valence electrons. The highest BCUT2D eigenvalue weighted by Crippen LogP contribution is 2.50. The Morgan fingerprint density at radius 3 is 2.95 bits per heavy atom. The van der Waals surface area contributed by atoms with Gasteiger partial charge in [0.2, 0.25) is 0 Å². The molecule has 0 amide bonds. The van der Waals surface area contributed by atoms with E-state index in [4.69, 9.17) is 4.74 Å². The van der Waals surface area contributed by atoms with Crippen LogP contribution in [0.1, 0.15) is 50.7 Å². The number of aliphatic hydroxyl groups excluding tert-OH is 1. The van der Waals surface area contributed by atoms with Crippen LogP contribution < -0.4 is 4.74 Å². The molecule has 2 saturated carbocycles. The van der Waals surface area contributed by atoms with Gasteiger partial charge in [-0.15, -0.1) is 0 Å². The highest BCUT2D eigenvalue weighted by molar-refractivity contribution is 5.25. The minimum atomic E-state index is -0.391. The molecule has 1 aromatic heterocycles. The van der Waals surface area contributed by atoms with Gasteiger partial charge in [-0.1, -0.05) is 6.42 Å². The Labute approximate surface area is 115 Å². The molecule has 2 fully saturated rings. The van der Waals surface area contributed by atoms with Crippen LogP contribution in [-0.4, -0.2) is 16.7 Å². The van der Waals surface area contributed by atoms with Crippen LogP contribution in [0.5, 0.6) is 5.75 Å². The molecular weight excluding hydrogens is 238 g/mol. The fraction of sp³-hybridized carbons (Fsp3) is 0.688. The normalized spacial score (nSPS) is 30.5. The maximum atomic E-state index is 10.4. The van der Waals surface area contributed by atoms with Gasteiger partial charge in [-0.25, -0.2) is 0 Å². The summed E-state index contributed by atoms with van der Waals surface area (Å²) in [5.74, 6) is 3.27. The molecule has 4 atom stereocenters. The maximum Gasteiger partial charge on any atom is 0.137 e. The van der Waals surface area contributed by atoms with Gasteiger partial charge in [-0.3, -0.25) is 4.98 Å². The zero-order valence-electron chi connectivity index (χ0n) is 11.6. The van der Waals surface area contributed by atoms with Gasteiger partial charge in [0, 0.05) is 11.8 Å². The number of hydrogen-bond acceptors (Lipinski definition) is 3. The third-order valence-corrected chi connectivity index (χ3v) is 4.84. The van der Waals surface area contributed by atoms with Crippen molar-refractivity contribution in [1.82, 2.24) is 4.98 Å². The molecule has 1 aromatic rings.